The van der Waals surface area contributed by atoms with Gasteiger partial charge in [-0.25, -0.2) is 4.98 Å². The van der Waals surface area contributed by atoms with Crippen LogP contribution >= 0.6 is 0 Å². The van der Waals surface area contributed by atoms with Crippen LogP contribution in [0.3, 0.4) is 0 Å². The molecule has 0 amide bonds. The van der Waals surface area contributed by atoms with Crippen LogP contribution in [0, 0.1) is 0 Å². The standard InChI is InChI=1S/C17H17N3O3S/c1-12(2)23-14-8-9-16(19-11-14)24(21,22)20-15-7-3-5-13-6-4-10-18-17(13)15/h3-12,20H,1-2H3. The Morgan fingerprint density at radius 2 is 1.83 bits per heavy atom. The van der Waals surface area contributed by atoms with Gasteiger partial charge < -0.3 is 4.74 Å². The fraction of sp³-hybridized carbons (Fsp3) is 0.176. The van der Waals surface area contributed by atoms with Gasteiger partial charge in [-0.05, 0) is 38.1 Å². The molecule has 3 aromatic rings. The van der Waals surface area contributed by atoms with Crippen LogP contribution in [0.15, 0.2) is 59.9 Å². The van der Waals surface area contributed by atoms with E-state index < -0.39 is 10.0 Å². The first-order valence-corrected chi connectivity index (χ1v) is 8.93. The number of aromatic nitrogens is 2. The fourth-order valence-electron chi connectivity index (χ4n) is 2.25. The van der Waals surface area contributed by atoms with E-state index in [1.165, 1.54) is 12.3 Å². The summed E-state index contributed by atoms with van der Waals surface area (Å²) >= 11 is 0. The Hall–Kier alpha value is -2.67. The number of rotatable bonds is 5. The number of fused-ring (bicyclic) bond motifs is 1. The summed E-state index contributed by atoms with van der Waals surface area (Å²) in [6, 6.07) is 12.0. The number of sulfonamides is 1. The van der Waals surface area contributed by atoms with Crippen molar-refractivity contribution in [3.63, 3.8) is 0 Å². The molecule has 0 aliphatic heterocycles. The maximum Gasteiger partial charge on any atom is 0.279 e. The summed E-state index contributed by atoms with van der Waals surface area (Å²) in [5, 5.41) is 0.776. The van der Waals surface area contributed by atoms with Gasteiger partial charge in [-0.1, -0.05) is 18.2 Å². The van der Waals surface area contributed by atoms with Crippen LogP contribution in [0.4, 0.5) is 5.69 Å². The summed E-state index contributed by atoms with van der Waals surface area (Å²) < 4.78 is 33.1. The first-order valence-electron chi connectivity index (χ1n) is 7.45. The molecule has 0 aliphatic rings. The van der Waals surface area contributed by atoms with Gasteiger partial charge in [0.2, 0.25) is 0 Å². The van der Waals surface area contributed by atoms with Crippen LogP contribution in [-0.2, 0) is 10.0 Å². The highest BCUT2D eigenvalue weighted by Crippen LogP contribution is 2.23. The van der Waals surface area contributed by atoms with Gasteiger partial charge in [0.25, 0.3) is 10.0 Å². The number of nitrogens with zero attached hydrogens (tertiary/aromatic N) is 2. The summed E-state index contributed by atoms with van der Waals surface area (Å²) in [6.07, 6.45) is 3.01. The van der Waals surface area contributed by atoms with Crippen molar-refractivity contribution < 1.29 is 13.2 Å². The van der Waals surface area contributed by atoms with Gasteiger partial charge in [0, 0.05) is 11.6 Å². The molecule has 24 heavy (non-hydrogen) atoms. The highest BCUT2D eigenvalue weighted by Gasteiger charge is 2.17. The number of ether oxygens (including phenoxy) is 1. The van der Waals surface area contributed by atoms with Gasteiger partial charge in [-0.2, -0.15) is 8.42 Å². The van der Waals surface area contributed by atoms with Crippen LogP contribution in [0.2, 0.25) is 0 Å². The second kappa shape index (κ2) is 6.45. The van der Waals surface area contributed by atoms with E-state index in [-0.39, 0.29) is 11.1 Å². The third-order valence-electron chi connectivity index (χ3n) is 3.23. The zero-order valence-electron chi connectivity index (χ0n) is 13.3. The lowest BCUT2D eigenvalue weighted by atomic mass is 10.2. The molecule has 7 heteroatoms. The van der Waals surface area contributed by atoms with Crippen LogP contribution in [0.25, 0.3) is 10.9 Å². The van der Waals surface area contributed by atoms with E-state index in [2.05, 4.69) is 14.7 Å². The quantitative estimate of drug-likeness (QED) is 0.769. The van der Waals surface area contributed by atoms with Crippen LogP contribution in [0.5, 0.6) is 5.75 Å². The van der Waals surface area contributed by atoms with Crippen LogP contribution in [0.1, 0.15) is 13.8 Å². The zero-order chi connectivity index (χ0) is 17.2. The second-order valence-corrected chi connectivity index (χ2v) is 7.11. The third-order valence-corrected chi connectivity index (χ3v) is 4.51. The topological polar surface area (TPSA) is 81.2 Å². The molecule has 0 saturated carbocycles. The molecule has 0 unspecified atom stereocenters. The van der Waals surface area contributed by atoms with E-state index in [0.29, 0.717) is 17.0 Å². The number of hydrogen-bond donors (Lipinski definition) is 1. The highest BCUT2D eigenvalue weighted by atomic mass is 32.2. The molecule has 2 heterocycles. The Balaban J connectivity index is 1.90. The first-order chi connectivity index (χ1) is 11.5. The predicted octanol–water partition coefficient (Wildman–Crippen LogP) is 3.22. The Morgan fingerprint density at radius 1 is 1.04 bits per heavy atom. The Morgan fingerprint density at radius 3 is 2.54 bits per heavy atom. The number of pyridine rings is 2. The SMILES string of the molecule is CC(C)Oc1ccc(S(=O)(=O)Nc2cccc3cccnc23)nc1. The number of anilines is 1. The van der Waals surface area contributed by atoms with Gasteiger partial charge in [-0.15, -0.1) is 0 Å². The molecule has 3 rings (SSSR count). The molecule has 1 aromatic carbocycles. The second-order valence-electron chi connectivity index (χ2n) is 5.48. The van der Waals surface area contributed by atoms with Crippen molar-refractivity contribution in [2.45, 2.75) is 25.0 Å². The monoisotopic (exact) mass is 343 g/mol. The summed E-state index contributed by atoms with van der Waals surface area (Å²) in [4.78, 5) is 8.22. The number of benzene rings is 1. The van der Waals surface area contributed by atoms with E-state index in [0.717, 1.165) is 5.39 Å². The predicted molar refractivity (Wildman–Crippen MR) is 92.6 cm³/mol. The summed E-state index contributed by atoms with van der Waals surface area (Å²) in [7, 11) is -3.81. The molecule has 0 aliphatic carbocycles. The maximum absolute atomic E-state index is 12.5. The smallest absolute Gasteiger partial charge is 0.279 e. The van der Waals surface area contributed by atoms with Gasteiger partial charge >= 0.3 is 0 Å². The Labute approximate surface area is 140 Å². The number of nitrogens with one attached hydrogen (secondary N) is 1. The molecule has 0 saturated heterocycles. The highest BCUT2D eigenvalue weighted by molar-refractivity contribution is 7.92. The van der Waals surface area contributed by atoms with E-state index in [1.807, 2.05) is 26.0 Å². The molecule has 0 atom stereocenters. The molecule has 0 spiro atoms. The summed E-state index contributed by atoms with van der Waals surface area (Å²) in [6.45, 7) is 3.78. The first kappa shape index (κ1) is 16.2. The average molecular weight is 343 g/mol. The lowest BCUT2D eigenvalue weighted by molar-refractivity contribution is 0.241. The van der Waals surface area contributed by atoms with E-state index in [9.17, 15) is 8.42 Å². The minimum atomic E-state index is -3.81. The molecule has 0 bridgehead atoms. The van der Waals surface area contributed by atoms with Crippen molar-refractivity contribution in [3.05, 3.63) is 54.9 Å². The third kappa shape index (κ3) is 3.46. The molecule has 6 nitrogen and oxygen atoms in total. The van der Waals surface area contributed by atoms with Crippen molar-refractivity contribution in [1.82, 2.24) is 9.97 Å². The van der Waals surface area contributed by atoms with Gasteiger partial charge in [0.15, 0.2) is 5.03 Å². The Bertz CT molecular complexity index is 949. The molecular weight excluding hydrogens is 326 g/mol. The summed E-state index contributed by atoms with van der Waals surface area (Å²) in [5.74, 6) is 0.524. The zero-order valence-corrected chi connectivity index (χ0v) is 14.1. The van der Waals surface area contributed by atoms with Crippen molar-refractivity contribution in [2.24, 2.45) is 0 Å². The lowest BCUT2D eigenvalue weighted by Gasteiger charge is -2.11. The molecule has 0 radical (unpaired) electrons. The van der Waals surface area contributed by atoms with Gasteiger partial charge in [-0.3, -0.25) is 9.71 Å². The van der Waals surface area contributed by atoms with Crippen molar-refractivity contribution in [1.29, 1.82) is 0 Å². The van der Waals surface area contributed by atoms with Crippen LogP contribution < -0.4 is 9.46 Å². The van der Waals surface area contributed by atoms with Crippen molar-refractivity contribution in [2.75, 3.05) is 4.72 Å². The molecular formula is C17H17N3O3S. The maximum atomic E-state index is 12.5. The molecule has 0 fully saturated rings. The average Bonchev–Trinajstić information content (AvgIpc) is 2.55. The molecule has 2 aromatic heterocycles. The van der Waals surface area contributed by atoms with E-state index >= 15 is 0 Å². The van der Waals surface area contributed by atoms with Crippen LogP contribution in [-0.4, -0.2) is 24.5 Å². The van der Waals surface area contributed by atoms with E-state index in [4.69, 9.17) is 4.74 Å². The number of hydrogen-bond acceptors (Lipinski definition) is 5. The van der Waals surface area contributed by atoms with Crippen molar-refractivity contribution in [3.8, 4) is 5.75 Å². The molecule has 1 N–H and O–H groups in total. The summed E-state index contributed by atoms with van der Waals surface area (Å²) in [5.41, 5.74) is 1.00. The minimum Gasteiger partial charge on any atom is -0.489 e. The van der Waals surface area contributed by atoms with Gasteiger partial charge in [0.05, 0.1) is 23.5 Å². The minimum absolute atomic E-state index is 0.00543. The lowest BCUT2D eigenvalue weighted by Crippen LogP contribution is -2.15. The molecule has 124 valence electrons. The fourth-order valence-corrected chi connectivity index (χ4v) is 3.25. The van der Waals surface area contributed by atoms with Crippen molar-refractivity contribution >= 4 is 26.6 Å². The number of para-hydroxylation sites is 1. The van der Waals surface area contributed by atoms with E-state index in [1.54, 1.807) is 30.5 Å². The van der Waals surface area contributed by atoms with Gasteiger partial charge in [0.1, 0.15) is 5.75 Å². The normalized spacial score (nSPS) is 11.6. The largest absolute Gasteiger partial charge is 0.489 e. The Kier molecular flexibility index (Phi) is 4.35.